The van der Waals surface area contributed by atoms with E-state index in [-0.39, 0.29) is 12.4 Å². The van der Waals surface area contributed by atoms with Gasteiger partial charge in [-0.1, -0.05) is 78.6 Å². The van der Waals surface area contributed by atoms with Crippen molar-refractivity contribution >= 4 is 16.9 Å². The number of benzene rings is 3. The predicted octanol–water partition coefficient (Wildman–Crippen LogP) is 5.22. The van der Waals surface area contributed by atoms with Gasteiger partial charge in [-0.2, -0.15) is 0 Å². The molecule has 1 atom stereocenters. The van der Waals surface area contributed by atoms with Crippen molar-refractivity contribution in [2.24, 2.45) is 0 Å². The largest absolute Gasteiger partial charge is 0.449 e. The lowest BCUT2D eigenvalue weighted by Gasteiger charge is -2.07. The van der Waals surface area contributed by atoms with Crippen LogP contribution in [0.1, 0.15) is 23.6 Å². The van der Waals surface area contributed by atoms with Gasteiger partial charge in [0.1, 0.15) is 0 Å². The van der Waals surface area contributed by atoms with Gasteiger partial charge in [-0.3, -0.25) is 4.79 Å². The smallest absolute Gasteiger partial charge is 0.311 e. The fourth-order valence-electron chi connectivity index (χ4n) is 3.50. The number of para-hydroxylation sites is 1. The first-order valence-electron chi connectivity index (χ1n) is 10.1. The average molecular weight is 393 g/mol. The molecular formula is C27H23NO2. The third kappa shape index (κ3) is 4.79. The lowest BCUT2D eigenvalue weighted by atomic mass is 10.1. The summed E-state index contributed by atoms with van der Waals surface area (Å²) >= 11 is 0. The van der Waals surface area contributed by atoms with Gasteiger partial charge in [-0.05, 0) is 36.2 Å². The molecule has 0 N–H and O–H groups in total. The van der Waals surface area contributed by atoms with Crippen molar-refractivity contribution in [3.05, 3.63) is 108 Å². The number of nitrogens with zero attached hydrogens (tertiary/aromatic N) is 1. The maximum Gasteiger partial charge on any atom is 0.311 e. The maximum absolute atomic E-state index is 12.5. The molecule has 0 saturated heterocycles. The van der Waals surface area contributed by atoms with Crippen molar-refractivity contribution in [3.63, 3.8) is 0 Å². The number of fused-ring (bicyclic) bond motifs is 1. The molecule has 0 aliphatic rings. The van der Waals surface area contributed by atoms with E-state index in [1.54, 1.807) is 6.92 Å². The van der Waals surface area contributed by atoms with E-state index in [0.717, 1.165) is 28.6 Å². The highest BCUT2D eigenvalue weighted by Gasteiger charge is 2.14. The topological polar surface area (TPSA) is 31.2 Å². The summed E-state index contributed by atoms with van der Waals surface area (Å²) in [5.41, 5.74) is 4.21. The Labute approximate surface area is 176 Å². The lowest BCUT2D eigenvalue weighted by Crippen LogP contribution is -2.15. The van der Waals surface area contributed by atoms with Crippen LogP contribution in [0.4, 0.5) is 0 Å². The van der Waals surface area contributed by atoms with Gasteiger partial charge in [0.05, 0.1) is 6.42 Å². The molecule has 1 aromatic heterocycles. The molecule has 4 rings (SSSR count). The van der Waals surface area contributed by atoms with E-state index in [2.05, 4.69) is 46.9 Å². The predicted molar refractivity (Wildman–Crippen MR) is 120 cm³/mol. The summed E-state index contributed by atoms with van der Waals surface area (Å²) in [7, 11) is 0. The third-order valence-corrected chi connectivity index (χ3v) is 4.90. The molecule has 0 spiro atoms. The van der Waals surface area contributed by atoms with Gasteiger partial charge in [-0.15, -0.1) is 0 Å². The molecule has 3 heteroatoms. The molecular weight excluding hydrogens is 370 g/mol. The van der Waals surface area contributed by atoms with Crippen molar-refractivity contribution in [2.45, 2.75) is 26.0 Å². The summed E-state index contributed by atoms with van der Waals surface area (Å²) < 4.78 is 7.72. The molecule has 0 aliphatic carbocycles. The Hall–Kier alpha value is -3.77. The number of carbonyl (C=O) groups is 1. The highest BCUT2D eigenvalue weighted by atomic mass is 16.5. The van der Waals surface area contributed by atoms with Crippen LogP contribution in [0, 0.1) is 11.8 Å². The van der Waals surface area contributed by atoms with Gasteiger partial charge in [-0.25, -0.2) is 0 Å². The van der Waals surface area contributed by atoms with Crippen LogP contribution in [-0.2, 0) is 22.5 Å². The van der Waals surface area contributed by atoms with Crippen LogP contribution in [0.15, 0.2) is 91.1 Å². The van der Waals surface area contributed by atoms with Crippen molar-refractivity contribution in [3.8, 4) is 11.8 Å². The zero-order chi connectivity index (χ0) is 20.8. The molecule has 0 fully saturated rings. The first-order chi connectivity index (χ1) is 14.7. The number of hydrogen-bond donors (Lipinski definition) is 0. The average Bonchev–Trinajstić information content (AvgIpc) is 3.11. The molecule has 0 bridgehead atoms. The Morgan fingerprint density at radius 1 is 0.933 bits per heavy atom. The Morgan fingerprint density at radius 3 is 2.37 bits per heavy atom. The highest BCUT2D eigenvalue weighted by Crippen LogP contribution is 2.23. The first-order valence-corrected chi connectivity index (χ1v) is 10.1. The Bertz CT molecular complexity index is 1200. The number of esters is 1. The number of ether oxygens (including phenoxy) is 1. The van der Waals surface area contributed by atoms with E-state index in [1.807, 2.05) is 60.7 Å². The zero-order valence-electron chi connectivity index (χ0n) is 16.9. The summed E-state index contributed by atoms with van der Waals surface area (Å²) in [6.45, 7) is 2.56. The number of hydrogen-bond acceptors (Lipinski definition) is 2. The monoisotopic (exact) mass is 393 g/mol. The maximum atomic E-state index is 12.5. The summed E-state index contributed by atoms with van der Waals surface area (Å²) in [6.07, 6.45) is 1.81. The standard InChI is InChI=1S/C27H23NO2/c1-21(16-17-22-10-4-2-5-11-22)30-27(29)18-24-20-28(19-23-12-6-3-7-13-23)26-15-9-8-14-25(24)26/h2-15,20-21H,18-19H2,1H3. The Morgan fingerprint density at radius 2 is 1.60 bits per heavy atom. The number of carbonyl (C=O) groups excluding carboxylic acids is 1. The fraction of sp³-hybridized carbons (Fsp3) is 0.148. The van der Waals surface area contributed by atoms with E-state index >= 15 is 0 Å². The van der Waals surface area contributed by atoms with Crippen LogP contribution < -0.4 is 0 Å². The van der Waals surface area contributed by atoms with Crippen molar-refractivity contribution in [1.82, 2.24) is 4.57 Å². The Balaban J connectivity index is 1.48. The summed E-state index contributed by atoms with van der Waals surface area (Å²) in [4.78, 5) is 12.5. The van der Waals surface area contributed by atoms with Gasteiger partial charge in [0.2, 0.25) is 0 Å². The zero-order valence-corrected chi connectivity index (χ0v) is 16.9. The minimum Gasteiger partial charge on any atom is -0.449 e. The highest BCUT2D eigenvalue weighted by molar-refractivity contribution is 5.88. The quantitative estimate of drug-likeness (QED) is 0.344. The first kappa shape index (κ1) is 19.5. The van der Waals surface area contributed by atoms with Crippen molar-refractivity contribution < 1.29 is 9.53 Å². The van der Waals surface area contributed by atoms with Gasteiger partial charge in [0, 0.05) is 29.2 Å². The fourth-order valence-corrected chi connectivity index (χ4v) is 3.50. The minimum absolute atomic E-state index is 0.222. The van der Waals surface area contributed by atoms with Crippen LogP contribution in [0.2, 0.25) is 0 Å². The number of aromatic nitrogens is 1. The molecule has 3 nitrogen and oxygen atoms in total. The van der Waals surface area contributed by atoms with E-state index in [1.165, 1.54) is 5.56 Å². The molecule has 0 radical (unpaired) electrons. The summed E-state index contributed by atoms with van der Waals surface area (Å²) in [6, 6.07) is 28.2. The second kappa shape index (κ2) is 9.15. The normalized spacial score (nSPS) is 11.5. The summed E-state index contributed by atoms with van der Waals surface area (Å²) in [5, 5.41) is 1.08. The molecule has 30 heavy (non-hydrogen) atoms. The molecule has 3 aromatic carbocycles. The van der Waals surface area contributed by atoms with Crippen LogP contribution >= 0.6 is 0 Å². The van der Waals surface area contributed by atoms with Crippen LogP contribution in [0.25, 0.3) is 10.9 Å². The van der Waals surface area contributed by atoms with E-state index in [9.17, 15) is 4.79 Å². The molecule has 4 aromatic rings. The van der Waals surface area contributed by atoms with Crippen molar-refractivity contribution in [2.75, 3.05) is 0 Å². The lowest BCUT2D eigenvalue weighted by molar-refractivity contribution is -0.144. The second-order valence-corrected chi connectivity index (χ2v) is 7.23. The SMILES string of the molecule is CC(C#Cc1ccccc1)OC(=O)Cc1cn(Cc2ccccc2)c2ccccc12. The third-order valence-electron chi connectivity index (χ3n) is 4.90. The van der Waals surface area contributed by atoms with Crippen LogP contribution in [0.5, 0.6) is 0 Å². The van der Waals surface area contributed by atoms with Gasteiger partial charge < -0.3 is 9.30 Å². The van der Waals surface area contributed by atoms with Gasteiger partial charge in [0.15, 0.2) is 6.10 Å². The molecule has 1 heterocycles. The van der Waals surface area contributed by atoms with Gasteiger partial charge >= 0.3 is 5.97 Å². The second-order valence-electron chi connectivity index (χ2n) is 7.23. The number of rotatable bonds is 5. The van der Waals surface area contributed by atoms with Gasteiger partial charge in [0.25, 0.3) is 0 Å². The molecule has 0 amide bonds. The van der Waals surface area contributed by atoms with E-state index in [4.69, 9.17) is 4.74 Å². The summed E-state index contributed by atoms with van der Waals surface area (Å²) in [5.74, 6) is 5.76. The van der Waals surface area contributed by atoms with Crippen LogP contribution in [0.3, 0.4) is 0 Å². The van der Waals surface area contributed by atoms with E-state index < -0.39 is 6.10 Å². The Kier molecular flexibility index (Phi) is 5.96. The minimum atomic E-state index is -0.463. The molecule has 0 saturated carbocycles. The molecule has 0 aliphatic heterocycles. The molecule has 148 valence electrons. The molecule has 1 unspecified atom stereocenters. The van der Waals surface area contributed by atoms with Crippen molar-refractivity contribution in [1.29, 1.82) is 0 Å². The van der Waals surface area contributed by atoms with E-state index in [0.29, 0.717) is 0 Å². The van der Waals surface area contributed by atoms with Crippen LogP contribution in [-0.4, -0.2) is 16.6 Å².